The van der Waals surface area contributed by atoms with Crippen LogP contribution in [0.1, 0.15) is 112 Å². The SMILES string of the molecule is CC[C@H]1OC(=O)[C@H](C)[C@@H](O[C@H]2C[C@@](C)(OC)[C@@H](OC(=O)c3ccccc3)[C@H](C)O2)[C@@H](C)[C@@H](O[C@@H]2O[C@H](C)C[C@H](N(C)C)[C@H]2O)[C@]2(C)C[C@@H](C)C(=NC(C)=O)[C@H](C)[C@@H](OCC3OC3CO2)[C@]1(C)O. The lowest BCUT2D eigenvalue weighted by molar-refractivity contribution is -0.320. The number of carbonyl (C=O) groups is 3. The molecule has 20 atom stereocenters. The van der Waals surface area contributed by atoms with Gasteiger partial charge < -0.3 is 62.5 Å². The third kappa shape index (κ3) is 11.8. The van der Waals surface area contributed by atoms with Gasteiger partial charge >= 0.3 is 11.9 Å². The first-order valence-corrected chi connectivity index (χ1v) is 24.1. The minimum absolute atomic E-state index is 0.0862. The van der Waals surface area contributed by atoms with E-state index in [0.717, 1.165) is 0 Å². The van der Waals surface area contributed by atoms with E-state index < -0.39 is 114 Å². The van der Waals surface area contributed by atoms with E-state index in [1.54, 1.807) is 45.0 Å². The molecule has 5 saturated heterocycles. The van der Waals surface area contributed by atoms with E-state index in [9.17, 15) is 24.6 Å². The summed E-state index contributed by atoms with van der Waals surface area (Å²) in [5, 5.41) is 24.6. The Labute approximate surface area is 396 Å². The highest BCUT2D eigenvalue weighted by Gasteiger charge is 2.56. The van der Waals surface area contributed by atoms with E-state index in [4.69, 9.17) is 47.4 Å². The van der Waals surface area contributed by atoms with Crippen LogP contribution in [0.15, 0.2) is 35.3 Å². The van der Waals surface area contributed by atoms with Crippen LogP contribution in [0.3, 0.4) is 0 Å². The highest BCUT2D eigenvalue weighted by atomic mass is 16.7. The number of amides is 1. The molecule has 378 valence electrons. The molecule has 17 heteroatoms. The summed E-state index contributed by atoms with van der Waals surface area (Å²) in [6.07, 6.45) is -8.89. The maximum Gasteiger partial charge on any atom is 0.338 e. The summed E-state index contributed by atoms with van der Waals surface area (Å²) in [4.78, 5) is 47.8. The summed E-state index contributed by atoms with van der Waals surface area (Å²) >= 11 is 0. The van der Waals surface area contributed by atoms with Crippen molar-refractivity contribution in [3.63, 3.8) is 0 Å². The van der Waals surface area contributed by atoms with Crippen molar-refractivity contribution in [2.24, 2.45) is 28.7 Å². The monoisotopic (exact) mass is 947 g/mol. The number of cyclic esters (lactones) is 1. The minimum Gasteiger partial charge on any atom is -0.459 e. The second kappa shape index (κ2) is 21.6. The molecule has 5 aliphatic rings. The molecule has 5 fully saturated rings. The zero-order valence-corrected chi connectivity index (χ0v) is 42.0. The number of likely N-dealkylation sites (N-methyl/N-ethyl adjacent to an activating group) is 1. The number of aliphatic hydroxyl groups excluding tert-OH is 1. The summed E-state index contributed by atoms with van der Waals surface area (Å²) in [5.74, 6) is -4.56. The fourth-order valence-electron chi connectivity index (χ4n) is 11.1. The van der Waals surface area contributed by atoms with Crippen molar-refractivity contribution in [3.8, 4) is 0 Å². The van der Waals surface area contributed by atoms with E-state index in [-0.39, 0.29) is 56.8 Å². The third-order valence-corrected chi connectivity index (χ3v) is 15.0. The zero-order chi connectivity index (χ0) is 49.3. The molecular weight excluding hydrogens is 869 g/mol. The predicted molar refractivity (Wildman–Crippen MR) is 245 cm³/mol. The van der Waals surface area contributed by atoms with Crippen molar-refractivity contribution >= 4 is 23.6 Å². The topological polar surface area (TPSA) is 203 Å². The molecule has 5 heterocycles. The van der Waals surface area contributed by atoms with Crippen LogP contribution < -0.4 is 0 Å². The van der Waals surface area contributed by atoms with Gasteiger partial charge in [-0.25, -0.2) is 9.79 Å². The molecule has 17 nitrogen and oxygen atoms in total. The predicted octanol–water partition coefficient (Wildman–Crippen LogP) is 4.90. The van der Waals surface area contributed by atoms with Crippen molar-refractivity contribution in [2.45, 2.75) is 198 Å². The molecule has 1 aromatic rings. The smallest absolute Gasteiger partial charge is 0.338 e. The quantitative estimate of drug-likeness (QED) is 0.250. The molecular formula is C50H78N2O15. The molecule has 2 N–H and O–H groups in total. The van der Waals surface area contributed by atoms with Gasteiger partial charge in [-0.3, -0.25) is 9.59 Å². The fourth-order valence-corrected chi connectivity index (χ4v) is 11.1. The number of nitrogens with zero attached hydrogens (tertiary/aromatic N) is 2. The molecule has 0 spiro atoms. The van der Waals surface area contributed by atoms with Crippen LogP contribution in [0.4, 0.5) is 0 Å². The van der Waals surface area contributed by atoms with Crippen LogP contribution in [-0.4, -0.2) is 170 Å². The number of ether oxygens (including phenoxy) is 10. The lowest BCUT2D eigenvalue weighted by Crippen LogP contribution is -2.62. The van der Waals surface area contributed by atoms with Crippen molar-refractivity contribution in [3.05, 3.63) is 35.9 Å². The van der Waals surface area contributed by atoms with Crippen molar-refractivity contribution in [1.82, 2.24) is 4.90 Å². The number of carbonyl (C=O) groups excluding carboxylic acids is 3. The van der Waals surface area contributed by atoms with Crippen LogP contribution in [0, 0.1) is 23.7 Å². The molecule has 1 aromatic carbocycles. The van der Waals surface area contributed by atoms with Gasteiger partial charge in [-0.2, -0.15) is 0 Å². The maximum absolute atomic E-state index is 14.9. The zero-order valence-electron chi connectivity index (χ0n) is 42.0. The minimum atomic E-state index is -1.78. The highest BCUT2D eigenvalue weighted by molar-refractivity contribution is 5.98. The third-order valence-electron chi connectivity index (χ3n) is 15.0. The summed E-state index contributed by atoms with van der Waals surface area (Å²) in [6.45, 7) is 19.9. The Morgan fingerprint density at radius 1 is 0.910 bits per heavy atom. The van der Waals surface area contributed by atoms with E-state index in [1.807, 2.05) is 73.5 Å². The number of methoxy groups -OCH3 is 1. The first-order chi connectivity index (χ1) is 31.4. The molecule has 0 saturated carbocycles. The van der Waals surface area contributed by atoms with Crippen LogP contribution in [0.25, 0.3) is 0 Å². The summed E-state index contributed by atoms with van der Waals surface area (Å²) in [7, 11) is 5.34. The number of rotatable bonds is 9. The highest BCUT2D eigenvalue weighted by Crippen LogP contribution is 2.44. The van der Waals surface area contributed by atoms with Crippen LogP contribution in [0.5, 0.6) is 0 Å². The van der Waals surface area contributed by atoms with Gasteiger partial charge in [0.2, 0.25) is 5.91 Å². The standard InChI is InChI=1S/C50H78N2O15/c1-15-37-50(11,57)43-28(4)39(51-32(8)53)26(2)22-49(10,60-25-36-35(63-36)24-59-43)42(67-47-40(54)34(52(12)13)21-27(3)61-47)29(5)41(30(6)45(55)64-37)65-38-23-48(9,58-14)44(31(7)62-38)66-46(56)33-19-17-16-18-20-33/h16-20,26-31,34-38,40-44,47,54,57H,15,21-25H2,1-14H3/t26-,27-,28+,29-,30-,31+,34+,35?,36?,37-,38+,40-,41+,42-,43-,44+,47+,48-,49+,50-/m1/s1. The second-order valence-corrected chi connectivity index (χ2v) is 20.7. The van der Waals surface area contributed by atoms with Gasteiger partial charge in [-0.1, -0.05) is 45.9 Å². The number of hydrogen-bond acceptors (Lipinski definition) is 16. The van der Waals surface area contributed by atoms with Crippen LogP contribution in [0.2, 0.25) is 0 Å². The average Bonchev–Trinajstić information content (AvgIpc) is 4.03. The average molecular weight is 947 g/mol. The molecule has 0 radical (unpaired) electrons. The Balaban J connectivity index is 1.48. The Bertz CT molecular complexity index is 1880. The molecule has 67 heavy (non-hydrogen) atoms. The number of aliphatic imine (C=N–C) groups is 1. The Kier molecular flexibility index (Phi) is 17.2. The number of benzene rings is 1. The number of esters is 2. The second-order valence-electron chi connectivity index (χ2n) is 20.7. The van der Waals surface area contributed by atoms with E-state index >= 15 is 0 Å². The molecule has 5 aliphatic heterocycles. The molecule has 1 amide bonds. The normalized spacial score (nSPS) is 45.1. The lowest BCUT2D eigenvalue weighted by atomic mass is 9.73. The van der Waals surface area contributed by atoms with Gasteiger partial charge in [-0.15, -0.1) is 0 Å². The first kappa shape index (κ1) is 53.4. The Morgan fingerprint density at radius 3 is 2.21 bits per heavy atom. The lowest BCUT2D eigenvalue weighted by Gasteiger charge is -2.50. The summed E-state index contributed by atoms with van der Waals surface area (Å²) < 4.78 is 65.5. The molecule has 2 unspecified atom stereocenters. The Morgan fingerprint density at radius 2 is 1.58 bits per heavy atom. The van der Waals surface area contributed by atoms with Crippen molar-refractivity contribution in [2.75, 3.05) is 34.4 Å². The summed E-state index contributed by atoms with van der Waals surface area (Å²) in [5.41, 5.74) is -3.33. The molecule has 0 aromatic heterocycles. The largest absolute Gasteiger partial charge is 0.459 e. The van der Waals surface area contributed by atoms with Crippen LogP contribution >= 0.6 is 0 Å². The molecule has 2 bridgehead atoms. The van der Waals surface area contributed by atoms with E-state index in [2.05, 4.69) is 4.99 Å². The number of epoxide rings is 1. The van der Waals surface area contributed by atoms with Gasteiger partial charge in [0.25, 0.3) is 0 Å². The van der Waals surface area contributed by atoms with Crippen LogP contribution in [-0.2, 0) is 57.0 Å². The van der Waals surface area contributed by atoms with Crippen molar-refractivity contribution < 1.29 is 72.0 Å². The van der Waals surface area contributed by atoms with E-state index in [1.165, 1.54) is 14.0 Å². The van der Waals surface area contributed by atoms with E-state index in [0.29, 0.717) is 17.7 Å². The van der Waals surface area contributed by atoms with Gasteiger partial charge in [0.05, 0.1) is 60.8 Å². The molecule has 0 aliphatic carbocycles. The molecule has 6 rings (SSSR count). The van der Waals surface area contributed by atoms with Gasteiger partial charge in [0.1, 0.15) is 35.6 Å². The van der Waals surface area contributed by atoms with Gasteiger partial charge in [-0.05, 0) is 93.0 Å². The first-order valence-electron chi connectivity index (χ1n) is 24.1. The summed E-state index contributed by atoms with van der Waals surface area (Å²) in [6, 6.07) is 8.36. The fraction of sp³-hybridized carbons (Fsp3) is 0.800. The maximum atomic E-state index is 14.9. The van der Waals surface area contributed by atoms with Gasteiger partial charge in [0, 0.05) is 44.0 Å². The van der Waals surface area contributed by atoms with Gasteiger partial charge in [0.15, 0.2) is 18.7 Å². The Hall–Kier alpha value is -2.94. The number of aliphatic hydroxyl groups is 2. The number of fused-ring (bicyclic) bond motifs is 6. The van der Waals surface area contributed by atoms with Crippen molar-refractivity contribution in [1.29, 1.82) is 0 Å². The number of hydrogen-bond donors (Lipinski definition) is 2.